The normalized spacial score (nSPS) is 9.95. The summed E-state index contributed by atoms with van der Waals surface area (Å²) in [6.07, 6.45) is 1.65. The number of ether oxygens (including phenoxy) is 1. The number of hydrogen-bond donors (Lipinski definition) is 2. The minimum absolute atomic E-state index is 0.253. The number of methoxy groups -OCH3 is 1. The second-order valence-electron chi connectivity index (χ2n) is 3.91. The third-order valence-corrected chi connectivity index (χ3v) is 2.65. The first-order valence-electron chi connectivity index (χ1n) is 5.76. The Labute approximate surface area is 110 Å². The number of rotatable bonds is 5. The minimum atomic E-state index is -0.949. The summed E-state index contributed by atoms with van der Waals surface area (Å²) in [6.45, 7) is 0.503. The van der Waals surface area contributed by atoms with Crippen LogP contribution in [0.15, 0.2) is 42.6 Å². The molecule has 0 spiro atoms. The van der Waals surface area contributed by atoms with Crippen LogP contribution in [0.4, 0.5) is 5.69 Å². The van der Waals surface area contributed by atoms with Gasteiger partial charge in [-0.15, -0.1) is 0 Å². The molecule has 2 aromatic rings. The zero-order valence-corrected chi connectivity index (χ0v) is 10.5. The lowest BCUT2D eigenvalue weighted by atomic mass is 10.1. The van der Waals surface area contributed by atoms with Crippen LogP contribution in [0.25, 0.3) is 0 Å². The van der Waals surface area contributed by atoms with Crippen molar-refractivity contribution in [3.8, 4) is 5.88 Å². The van der Waals surface area contributed by atoms with E-state index in [-0.39, 0.29) is 5.56 Å². The zero-order valence-electron chi connectivity index (χ0n) is 10.5. The van der Waals surface area contributed by atoms with Crippen LogP contribution in [0.3, 0.4) is 0 Å². The first-order chi connectivity index (χ1) is 9.20. The molecule has 0 bridgehead atoms. The molecule has 0 saturated heterocycles. The van der Waals surface area contributed by atoms with Crippen LogP contribution in [0.1, 0.15) is 15.9 Å². The van der Waals surface area contributed by atoms with Gasteiger partial charge < -0.3 is 15.2 Å². The number of para-hydroxylation sites is 1. The van der Waals surface area contributed by atoms with E-state index < -0.39 is 5.97 Å². The standard InChI is InChI=1S/C14H14N2O3/c1-19-13-8-10(6-7-15-13)9-16-12-5-3-2-4-11(12)14(17)18/h2-8,16H,9H2,1H3,(H,17,18). The van der Waals surface area contributed by atoms with Crippen LogP contribution in [-0.2, 0) is 6.54 Å². The molecule has 0 aliphatic carbocycles. The predicted molar refractivity (Wildman–Crippen MR) is 71.5 cm³/mol. The van der Waals surface area contributed by atoms with Crippen LogP contribution < -0.4 is 10.1 Å². The highest BCUT2D eigenvalue weighted by Crippen LogP contribution is 2.17. The Hall–Kier alpha value is -2.56. The molecule has 98 valence electrons. The average molecular weight is 258 g/mol. The summed E-state index contributed by atoms with van der Waals surface area (Å²) in [4.78, 5) is 15.1. The van der Waals surface area contributed by atoms with Gasteiger partial charge in [-0.05, 0) is 23.8 Å². The number of anilines is 1. The molecule has 5 heteroatoms. The van der Waals surface area contributed by atoms with E-state index in [1.165, 1.54) is 0 Å². The quantitative estimate of drug-likeness (QED) is 0.861. The molecule has 1 aromatic carbocycles. The summed E-state index contributed by atoms with van der Waals surface area (Å²) in [5, 5.41) is 12.2. The van der Waals surface area contributed by atoms with E-state index in [2.05, 4.69) is 10.3 Å². The Bertz CT molecular complexity index is 584. The Morgan fingerprint density at radius 1 is 1.37 bits per heavy atom. The molecule has 0 atom stereocenters. The number of aromatic carboxylic acids is 1. The minimum Gasteiger partial charge on any atom is -0.481 e. The van der Waals surface area contributed by atoms with Gasteiger partial charge in [0.15, 0.2) is 0 Å². The number of carbonyl (C=O) groups is 1. The molecule has 19 heavy (non-hydrogen) atoms. The monoisotopic (exact) mass is 258 g/mol. The lowest BCUT2D eigenvalue weighted by Crippen LogP contribution is -2.06. The van der Waals surface area contributed by atoms with Crippen LogP contribution in [0.5, 0.6) is 5.88 Å². The van der Waals surface area contributed by atoms with Gasteiger partial charge >= 0.3 is 5.97 Å². The molecule has 0 saturated carbocycles. The van der Waals surface area contributed by atoms with Crippen molar-refractivity contribution in [3.63, 3.8) is 0 Å². The van der Waals surface area contributed by atoms with Crippen molar-refractivity contribution in [1.29, 1.82) is 0 Å². The van der Waals surface area contributed by atoms with Crippen molar-refractivity contribution in [2.24, 2.45) is 0 Å². The van der Waals surface area contributed by atoms with E-state index >= 15 is 0 Å². The maximum Gasteiger partial charge on any atom is 0.337 e. The summed E-state index contributed by atoms with van der Waals surface area (Å²) in [6, 6.07) is 10.4. The van der Waals surface area contributed by atoms with Gasteiger partial charge in [-0.1, -0.05) is 12.1 Å². The van der Waals surface area contributed by atoms with Gasteiger partial charge in [0.2, 0.25) is 5.88 Å². The molecule has 2 rings (SSSR count). The molecule has 0 unspecified atom stereocenters. The van der Waals surface area contributed by atoms with Gasteiger partial charge in [-0.3, -0.25) is 0 Å². The third-order valence-electron chi connectivity index (χ3n) is 2.65. The smallest absolute Gasteiger partial charge is 0.337 e. The largest absolute Gasteiger partial charge is 0.481 e. The molecule has 0 aliphatic rings. The van der Waals surface area contributed by atoms with Crippen molar-refractivity contribution in [2.45, 2.75) is 6.54 Å². The predicted octanol–water partition coefficient (Wildman–Crippen LogP) is 2.40. The number of nitrogens with one attached hydrogen (secondary N) is 1. The van der Waals surface area contributed by atoms with E-state index in [1.807, 2.05) is 6.07 Å². The maximum absolute atomic E-state index is 11.1. The molecule has 0 amide bonds. The van der Waals surface area contributed by atoms with Crippen LogP contribution in [0.2, 0.25) is 0 Å². The molecular weight excluding hydrogens is 244 g/mol. The topological polar surface area (TPSA) is 71.5 Å². The Morgan fingerprint density at radius 2 is 2.16 bits per heavy atom. The van der Waals surface area contributed by atoms with E-state index in [0.29, 0.717) is 18.1 Å². The van der Waals surface area contributed by atoms with Crippen molar-refractivity contribution >= 4 is 11.7 Å². The molecule has 0 aliphatic heterocycles. The number of carboxylic acid groups (broad SMARTS) is 1. The Balaban J connectivity index is 2.12. The number of aromatic nitrogens is 1. The summed E-state index contributed by atoms with van der Waals surface area (Å²) >= 11 is 0. The number of pyridine rings is 1. The second kappa shape index (κ2) is 5.86. The average Bonchev–Trinajstić information content (AvgIpc) is 2.45. The molecule has 0 radical (unpaired) electrons. The van der Waals surface area contributed by atoms with Gasteiger partial charge in [0, 0.05) is 24.5 Å². The first kappa shape index (κ1) is 12.9. The van der Waals surface area contributed by atoms with Crippen LogP contribution in [0, 0.1) is 0 Å². The van der Waals surface area contributed by atoms with E-state index in [9.17, 15) is 4.79 Å². The summed E-state index contributed by atoms with van der Waals surface area (Å²) < 4.78 is 5.04. The van der Waals surface area contributed by atoms with Crippen LogP contribution >= 0.6 is 0 Å². The fourth-order valence-corrected chi connectivity index (χ4v) is 1.69. The highest BCUT2D eigenvalue weighted by molar-refractivity contribution is 5.94. The molecule has 2 N–H and O–H groups in total. The lowest BCUT2D eigenvalue weighted by molar-refractivity contribution is 0.0698. The van der Waals surface area contributed by atoms with E-state index in [0.717, 1.165) is 5.56 Å². The van der Waals surface area contributed by atoms with Crippen molar-refractivity contribution in [2.75, 3.05) is 12.4 Å². The first-order valence-corrected chi connectivity index (χ1v) is 5.76. The van der Waals surface area contributed by atoms with Gasteiger partial charge in [0.05, 0.1) is 12.7 Å². The number of hydrogen-bond acceptors (Lipinski definition) is 4. The van der Waals surface area contributed by atoms with Crippen molar-refractivity contribution < 1.29 is 14.6 Å². The lowest BCUT2D eigenvalue weighted by Gasteiger charge is -2.09. The molecule has 5 nitrogen and oxygen atoms in total. The van der Waals surface area contributed by atoms with Crippen molar-refractivity contribution in [3.05, 3.63) is 53.7 Å². The van der Waals surface area contributed by atoms with Crippen LogP contribution in [-0.4, -0.2) is 23.2 Å². The molecule has 1 aromatic heterocycles. The Kier molecular flexibility index (Phi) is 3.97. The summed E-state index contributed by atoms with van der Waals surface area (Å²) in [5.41, 5.74) is 1.81. The summed E-state index contributed by atoms with van der Waals surface area (Å²) in [7, 11) is 1.55. The third kappa shape index (κ3) is 3.22. The molecule has 1 heterocycles. The number of carboxylic acids is 1. The van der Waals surface area contributed by atoms with E-state index in [4.69, 9.17) is 9.84 Å². The van der Waals surface area contributed by atoms with Gasteiger partial charge in [0.1, 0.15) is 0 Å². The summed E-state index contributed by atoms with van der Waals surface area (Å²) in [5.74, 6) is -0.416. The highest BCUT2D eigenvalue weighted by Gasteiger charge is 2.08. The molecule has 0 fully saturated rings. The highest BCUT2D eigenvalue weighted by atomic mass is 16.5. The van der Waals surface area contributed by atoms with Gasteiger partial charge in [0.25, 0.3) is 0 Å². The second-order valence-corrected chi connectivity index (χ2v) is 3.91. The number of benzene rings is 1. The fourth-order valence-electron chi connectivity index (χ4n) is 1.69. The zero-order chi connectivity index (χ0) is 13.7. The SMILES string of the molecule is COc1cc(CNc2ccccc2C(=O)O)ccn1. The fraction of sp³-hybridized carbons (Fsp3) is 0.143. The Morgan fingerprint density at radius 3 is 2.89 bits per heavy atom. The van der Waals surface area contributed by atoms with Gasteiger partial charge in [-0.25, -0.2) is 9.78 Å². The van der Waals surface area contributed by atoms with Crippen molar-refractivity contribution in [1.82, 2.24) is 4.98 Å². The number of nitrogens with zero attached hydrogens (tertiary/aromatic N) is 1. The van der Waals surface area contributed by atoms with Gasteiger partial charge in [-0.2, -0.15) is 0 Å². The van der Waals surface area contributed by atoms with E-state index in [1.54, 1.807) is 43.6 Å². The molecular formula is C14H14N2O3. The maximum atomic E-state index is 11.1.